The highest BCUT2D eigenvalue weighted by atomic mass is 14.8. The fourth-order valence-electron chi connectivity index (χ4n) is 1.73. The summed E-state index contributed by atoms with van der Waals surface area (Å²) >= 11 is 0. The molecule has 3 rings (SSSR count). The van der Waals surface area contributed by atoms with Crippen molar-refractivity contribution in [3.05, 3.63) is 36.4 Å². The standard InChI is InChI=1S/C11H9N3/c1-7-9-4-8-2-3-12-10(8)5-11(9)14-6-13-7/h2-6,12H,1H3. The predicted molar refractivity (Wildman–Crippen MR) is 56.1 cm³/mol. The minimum atomic E-state index is 0.993. The number of fused-ring (bicyclic) bond motifs is 2. The maximum absolute atomic E-state index is 4.24. The number of aromatic nitrogens is 3. The predicted octanol–water partition coefficient (Wildman–Crippen LogP) is 2.42. The quantitative estimate of drug-likeness (QED) is 0.581. The molecule has 0 atom stereocenters. The van der Waals surface area contributed by atoms with Crippen molar-refractivity contribution >= 4 is 21.8 Å². The average molecular weight is 183 g/mol. The molecule has 0 saturated heterocycles. The Balaban J connectivity index is 2.57. The van der Waals surface area contributed by atoms with Gasteiger partial charge in [-0.3, -0.25) is 0 Å². The van der Waals surface area contributed by atoms with Crippen LogP contribution in [-0.2, 0) is 0 Å². The van der Waals surface area contributed by atoms with Gasteiger partial charge in [0.15, 0.2) is 0 Å². The molecule has 3 nitrogen and oxygen atoms in total. The minimum Gasteiger partial charge on any atom is -0.361 e. The van der Waals surface area contributed by atoms with Crippen LogP contribution < -0.4 is 0 Å². The first kappa shape index (κ1) is 7.50. The van der Waals surface area contributed by atoms with E-state index in [4.69, 9.17) is 0 Å². The van der Waals surface area contributed by atoms with Crippen LogP contribution in [0.2, 0.25) is 0 Å². The van der Waals surface area contributed by atoms with Crippen molar-refractivity contribution in [2.45, 2.75) is 6.92 Å². The van der Waals surface area contributed by atoms with E-state index in [0.29, 0.717) is 0 Å². The summed E-state index contributed by atoms with van der Waals surface area (Å²) in [6.07, 6.45) is 3.54. The molecule has 68 valence electrons. The molecule has 14 heavy (non-hydrogen) atoms. The third kappa shape index (κ3) is 0.923. The summed E-state index contributed by atoms with van der Waals surface area (Å²) in [5, 5.41) is 2.33. The van der Waals surface area contributed by atoms with Gasteiger partial charge < -0.3 is 4.98 Å². The average Bonchev–Trinajstić information content (AvgIpc) is 2.62. The fourth-order valence-corrected chi connectivity index (χ4v) is 1.73. The van der Waals surface area contributed by atoms with Crippen LogP contribution in [0.4, 0.5) is 0 Å². The van der Waals surface area contributed by atoms with E-state index in [9.17, 15) is 0 Å². The van der Waals surface area contributed by atoms with E-state index in [1.54, 1.807) is 6.33 Å². The normalized spacial score (nSPS) is 11.2. The van der Waals surface area contributed by atoms with Crippen molar-refractivity contribution in [3.8, 4) is 0 Å². The Kier molecular flexibility index (Phi) is 1.36. The highest BCUT2D eigenvalue weighted by molar-refractivity contribution is 5.95. The second-order valence-corrected chi connectivity index (χ2v) is 3.39. The zero-order valence-corrected chi connectivity index (χ0v) is 7.78. The van der Waals surface area contributed by atoms with Gasteiger partial charge in [0.2, 0.25) is 0 Å². The molecule has 0 aliphatic heterocycles. The molecule has 2 heterocycles. The lowest BCUT2D eigenvalue weighted by Crippen LogP contribution is -1.86. The summed E-state index contributed by atoms with van der Waals surface area (Å²) in [6.45, 7) is 2.00. The monoisotopic (exact) mass is 183 g/mol. The van der Waals surface area contributed by atoms with Gasteiger partial charge in [0.05, 0.1) is 5.52 Å². The first-order valence-corrected chi connectivity index (χ1v) is 4.53. The summed E-state index contributed by atoms with van der Waals surface area (Å²) in [5.41, 5.74) is 3.14. The van der Waals surface area contributed by atoms with Crippen molar-refractivity contribution in [2.24, 2.45) is 0 Å². The lowest BCUT2D eigenvalue weighted by Gasteiger charge is -1.99. The number of rotatable bonds is 0. The lowest BCUT2D eigenvalue weighted by atomic mass is 10.1. The number of aromatic amines is 1. The SMILES string of the molecule is Cc1ncnc2cc3[nH]ccc3cc12. The fraction of sp³-hybridized carbons (Fsp3) is 0.0909. The maximum Gasteiger partial charge on any atom is 0.116 e. The molecule has 0 radical (unpaired) electrons. The van der Waals surface area contributed by atoms with Gasteiger partial charge in [-0.05, 0) is 25.1 Å². The van der Waals surface area contributed by atoms with E-state index in [0.717, 1.165) is 22.1 Å². The second kappa shape index (κ2) is 2.54. The molecule has 3 heteroatoms. The summed E-state index contributed by atoms with van der Waals surface area (Å²) in [4.78, 5) is 11.6. The summed E-state index contributed by atoms with van der Waals surface area (Å²) in [7, 11) is 0. The summed E-state index contributed by atoms with van der Waals surface area (Å²) < 4.78 is 0. The van der Waals surface area contributed by atoms with Crippen molar-refractivity contribution in [2.75, 3.05) is 0 Å². The van der Waals surface area contributed by atoms with Crippen LogP contribution in [0.5, 0.6) is 0 Å². The lowest BCUT2D eigenvalue weighted by molar-refractivity contribution is 1.15. The molecule has 0 saturated carbocycles. The number of benzene rings is 1. The molecule has 1 aromatic carbocycles. The number of aryl methyl sites for hydroxylation is 1. The van der Waals surface area contributed by atoms with Gasteiger partial charge in [0.1, 0.15) is 6.33 Å². The van der Waals surface area contributed by atoms with E-state index in [1.165, 1.54) is 5.39 Å². The second-order valence-electron chi connectivity index (χ2n) is 3.39. The Bertz CT molecular complexity index is 610. The number of nitrogens with one attached hydrogen (secondary N) is 1. The highest BCUT2D eigenvalue weighted by Gasteiger charge is 2.01. The maximum atomic E-state index is 4.24. The molecule has 0 aliphatic carbocycles. The number of H-pyrrole nitrogens is 1. The Morgan fingerprint density at radius 3 is 3.07 bits per heavy atom. The number of nitrogens with zero attached hydrogens (tertiary/aromatic N) is 2. The van der Waals surface area contributed by atoms with Crippen LogP contribution in [0.3, 0.4) is 0 Å². The van der Waals surface area contributed by atoms with Gasteiger partial charge in [-0.25, -0.2) is 9.97 Å². The number of hydrogen-bond donors (Lipinski definition) is 1. The molecule has 0 amide bonds. The van der Waals surface area contributed by atoms with Crippen LogP contribution in [0, 0.1) is 6.92 Å². The van der Waals surface area contributed by atoms with Gasteiger partial charge in [-0.15, -0.1) is 0 Å². The highest BCUT2D eigenvalue weighted by Crippen LogP contribution is 2.21. The number of hydrogen-bond acceptors (Lipinski definition) is 2. The van der Waals surface area contributed by atoms with Gasteiger partial charge in [-0.1, -0.05) is 0 Å². The van der Waals surface area contributed by atoms with E-state index in [1.807, 2.05) is 13.1 Å². The molecule has 0 fully saturated rings. The molecular formula is C11H9N3. The van der Waals surface area contributed by atoms with Gasteiger partial charge in [0, 0.05) is 28.2 Å². The molecular weight excluding hydrogens is 174 g/mol. The Morgan fingerprint density at radius 2 is 2.14 bits per heavy atom. The van der Waals surface area contributed by atoms with Crippen molar-refractivity contribution in [1.82, 2.24) is 15.0 Å². The van der Waals surface area contributed by atoms with E-state index >= 15 is 0 Å². The Morgan fingerprint density at radius 1 is 1.21 bits per heavy atom. The van der Waals surface area contributed by atoms with E-state index in [-0.39, 0.29) is 0 Å². The zero-order valence-electron chi connectivity index (χ0n) is 7.78. The van der Waals surface area contributed by atoms with E-state index < -0.39 is 0 Å². The molecule has 1 N–H and O–H groups in total. The van der Waals surface area contributed by atoms with Crippen LogP contribution in [0.25, 0.3) is 21.8 Å². The molecule has 2 aromatic heterocycles. The summed E-state index contributed by atoms with van der Waals surface area (Å²) in [5.74, 6) is 0. The van der Waals surface area contributed by atoms with Gasteiger partial charge >= 0.3 is 0 Å². The molecule has 0 bridgehead atoms. The van der Waals surface area contributed by atoms with Crippen molar-refractivity contribution in [1.29, 1.82) is 0 Å². The van der Waals surface area contributed by atoms with Gasteiger partial charge in [0.25, 0.3) is 0 Å². The van der Waals surface area contributed by atoms with Crippen LogP contribution in [-0.4, -0.2) is 15.0 Å². The smallest absolute Gasteiger partial charge is 0.116 e. The van der Waals surface area contributed by atoms with Crippen LogP contribution >= 0.6 is 0 Å². The third-order valence-electron chi connectivity index (χ3n) is 2.51. The van der Waals surface area contributed by atoms with Gasteiger partial charge in [-0.2, -0.15) is 0 Å². The van der Waals surface area contributed by atoms with E-state index in [2.05, 4.69) is 33.2 Å². The largest absolute Gasteiger partial charge is 0.361 e. The molecule has 0 aliphatic rings. The van der Waals surface area contributed by atoms with Crippen molar-refractivity contribution < 1.29 is 0 Å². The Labute approximate surface area is 80.8 Å². The van der Waals surface area contributed by atoms with Crippen LogP contribution in [0.1, 0.15) is 5.69 Å². The minimum absolute atomic E-state index is 0.993. The molecule has 3 aromatic rings. The third-order valence-corrected chi connectivity index (χ3v) is 2.51. The summed E-state index contributed by atoms with van der Waals surface area (Å²) in [6, 6.07) is 6.23. The van der Waals surface area contributed by atoms with Crippen molar-refractivity contribution in [3.63, 3.8) is 0 Å². The Hall–Kier alpha value is -1.90. The van der Waals surface area contributed by atoms with Crippen LogP contribution in [0.15, 0.2) is 30.7 Å². The topological polar surface area (TPSA) is 41.6 Å². The molecule has 0 spiro atoms. The first-order chi connectivity index (χ1) is 6.84. The molecule has 0 unspecified atom stereocenters. The zero-order chi connectivity index (χ0) is 9.54. The first-order valence-electron chi connectivity index (χ1n) is 4.53.